The molecule has 30 heavy (non-hydrogen) atoms. The second-order valence-electron chi connectivity index (χ2n) is 7.13. The molecule has 146 valence electrons. The monoisotopic (exact) mass is 392 g/mol. The van der Waals surface area contributed by atoms with E-state index in [1.54, 1.807) is 14.2 Å². The van der Waals surface area contributed by atoms with Gasteiger partial charge in [-0.3, -0.25) is 0 Å². The predicted molar refractivity (Wildman–Crippen MR) is 121 cm³/mol. The van der Waals surface area contributed by atoms with Crippen LogP contribution >= 0.6 is 0 Å². The fourth-order valence-corrected chi connectivity index (χ4v) is 4.25. The molecule has 0 spiro atoms. The maximum absolute atomic E-state index is 5.86. The zero-order chi connectivity index (χ0) is 20.5. The molecule has 5 aromatic rings. The van der Waals surface area contributed by atoms with Gasteiger partial charge in [0.2, 0.25) is 11.2 Å². The van der Waals surface area contributed by atoms with Crippen molar-refractivity contribution < 1.29 is 13.9 Å². The van der Waals surface area contributed by atoms with Gasteiger partial charge in [0.1, 0.15) is 16.9 Å². The Hall–Kier alpha value is -3.85. The summed E-state index contributed by atoms with van der Waals surface area (Å²) in [7, 11) is 3.44. The molecule has 0 N–H and O–H groups in total. The summed E-state index contributed by atoms with van der Waals surface area (Å²) in [6, 6.07) is 31.2. The summed E-state index contributed by atoms with van der Waals surface area (Å²) in [6.07, 6.45) is 2.11. The Kier molecular flexibility index (Phi) is 4.56. The molecule has 0 amide bonds. The first-order valence-electron chi connectivity index (χ1n) is 9.95. The minimum absolute atomic E-state index is 0.825. The van der Waals surface area contributed by atoms with Crippen LogP contribution < -0.4 is 13.9 Å². The Labute approximate surface area is 175 Å². The summed E-state index contributed by atoms with van der Waals surface area (Å²) >= 11 is 0. The summed E-state index contributed by atoms with van der Waals surface area (Å²) in [4.78, 5) is 0. The quantitative estimate of drug-likeness (QED) is 0.279. The molecule has 0 saturated heterocycles. The van der Waals surface area contributed by atoms with Gasteiger partial charge in [-0.1, -0.05) is 48.5 Å². The number of nitrogens with zero attached hydrogens (tertiary/aromatic N) is 1. The van der Waals surface area contributed by atoms with Gasteiger partial charge in [-0.15, -0.1) is 0 Å². The number of pyridine rings is 2. The van der Waals surface area contributed by atoms with E-state index >= 15 is 0 Å². The van der Waals surface area contributed by atoms with Crippen molar-refractivity contribution in [3.8, 4) is 33.9 Å². The van der Waals surface area contributed by atoms with Gasteiger partial charge in [-0.25, -0.2) is 0 Å². The van der Waals surface area contributed by atoms with Crippen LogP contribution in [0.15, 0.2) is 97.2 Å². The molecule has 0 aliphatic heterocycles. The van der Waals surface area contributed by atoms with Gasteiger partial charge in [0.25, 0.3) is 0 Å². The van der Waals surface area contributed by atoms with E-state index < -0.39 is 0 Å². The maximum atomic E-state index is 5.86. The van der Waals surface area contributed by atoms with Crippen LogP contribution in [-0.2, 0) is 0 Å². The SMILES string of the molecule is COc1ccc(OC)c2c1c(-c1ccccc1)c(-c1ccccc1)[n+]1ccccc21. The minimum Gasteiger partial charge on any atom is -0.496 e. The van der Waals surface area contributed by atoms with E-state index in [2.05, 4.69) is 77.3 Å². The molecule has 0 fully saturated rings. The van der Waals surface area contributed by atoms with Crippen molar-refractivity contribution in [2.75, 3.05) is 14.2 Å². The third kappa shape index (κ3) is 2.79. The first kappa shape index (κ1) is 18.2. The number of rotatable bonds is 4. The van der Waals surface area contributed by atoms with Crippen LogP contribution in [0.5, 0.6) is 11.5 Å². The molecule has 0 aliphatic carbocycles. The van der Waals surface area contributed by atoms with Gasteiger partial charge in [0.05, 0.1) is 19.8 Å². The number of ether oxygens (including phenoxy) is 2. The molecule has 0 saturated carbocycles. The van der Waals surface area contributed by atoms with Crippen LogP contribution in [0.25, 0.3) is 38.7 Å². The lowest BCUT2D eigenvalue weighted by atomic mass is 9.92. The molecule has 3 heteroatoms. The Morgan fingerprint density at radius 3 is 1.77 bits per heavy atom. The lowest BCUT2D eigenvalue weighted by Crippen LogP contribution is -2.26. The summed E-state index contributed by atoms with van der Waals surface area (Å²) in [5.41, 5.74) is 5.59. The molecular weight excluding hydrogens is 370 g/mol. The molecule has 2 aromatic heterocycles. The van der Waals surface area contributed by atoms with Crippen LogP contribution in [0.4, 0.5) is 0 Å². The van der Waals surface area contributed by atoms with Gasteiger partial charge in [-0.2, -0.15) is 4.40 Å². The maximum Gasteiger partial charge on any atom is 0.227 e. The Balaban J connectivity index is 2.12. The number of aromatic nitrogens is 1. The first-order chi connectivity index (χ1) is 14.8. The Bertz CT molecular complexity index is 1350. The molecule has 0 aliphatic rings. The predicted octanol–water partition coefficient (Wildman–Crippen LogP) is 5.93. The van der Waals surface area contributed by atoms with Gasteiger partial charge in [-0.05, 0) is 35.9 Å². The molecule has 3 nitrogen and oxygen atoms in total. The van der Waals surface area contributed by atoms with Crippen molar-refractivity contribution >= 4 is 16.3 Å². The van der Waals surface area contributed by atoms with E-state index in [-0.39, 0.29) is 0 Å². The highest BCUT2D eigenvalue weighted by molar-refractivity contribution is 6.12. The topological polar surface area (TPSA) is 22.6 Å². The molecule has 2 heterocycles. The lowest BCUT2D eigenvalue weighted by Gasteiger charge is -2.16. The van der Waals surface area contributed by atoms with Gasteiger partial charge < -0.3 is 9.47 Å². The van der Waals surface area contributed by atoms with Crippen molar-refractivity contribution in [1.29, 1.82) is 0 Å². The molecule has 3 aromatic carbocycles. The average molecular weight is 392 g/mol. The van der Waals surface area contributed by atoms with Crippen molar-refractivity contribution in [3.63, 3.8) is 0 Å². The second-order valence-corrected chi connectivity index (χ2v) is 7.13. The molecule has 0 radical (unpaired) electrons. The van der Waals surface area contributed by atoms with Crippen LogP contribution in [-0.4, -0.2) is 14.2 Å². The minimum atomic E-state index is 0.825. The zero-order valence-electron chi connectivity index (χ0n) is 17.0. The highest BCUT2D eigenvalue weighted by Gasteiger charge is 2.28. The number of fused-ring (bicyclic) bond motifs is 3. The average Bonchev–Trinajstić information content (AvgIpc) is 2.83. The van der Waals surface area contributed by atoms with Crippen LogP contribution in [0.3, 0.4) is 0 Å². The third-order valence-electron chi connectivity index (χ3n) is 5.52. The normalized spacial score (nSPS) is 11.0. The van der Waals surface area contributed by atoms with Crippen molar-refractivity contribution in [1.82, 2.24) is 0 Å². The van der Waals surface area contributed by atoms with E-state index in [4.69, 9.17) is 9.47 Å². The number of benzene rings is 3. The summed E-state index contributed by atoms with van der Waals surface area (Å²) in [6.45, 7) is 0. The summed E-state index contributed by atoms with van der Waals surface area (Å²) < 4.78 is 13.9. The van der Waals surface area contributed by atoms with Gasteiger partial charge in [0, 0.05) is 23.1 Å². The largest absolute Gasteiger partial charge is 0.496 e. The smallest absolute Gasteiger partial charge is 0.227 e. The number of methoxy groups -OCH3 is 2. The van der Waals surface area contributed by atoms with Crippen LogP contribution in [0.2, 0.25) is 0 Å². The molecule has 0 unspecified atom stereocenters. The van der Waals surface area contributed by atoms with E-state index in [0.717, 1.165) is 50.2 Å². The molecule has 0 atom stereocenters. The lowest BCUT2D eigenvalue weighted by molar-refractivity contribution is -0.497. The standard InChI is InChI=1S/C27H22NO2/c1-29-22-16-17-23(30-2)26-24(19-11-5-3-6-12-19)27(20-13-7-4-8-14-20)28-18-10-9-15-21(28)25(22)26/h3-18H,1-2H3/q+1. The van der Waals surface area contributed by atoms with Crippen molar-refractivity contribution in [3.05, 3.63) is 97.2 Å². The van der Waals surface area contributed by atoms with Gasteiger partial charge in [0.15, 0.2) is 6.20 Å². The Morgan fingerprint density at radius 1 is 0.567 bits per heavy atom. The number of hydrogen-bond donors (Lipinski definition) is 0. The van der Waals surface area contributed by atoms with Crippen molar-refractivity contribution in [2.45, 2.75) is 0 Å². The summed E-state index contributed by atoms with van der Waals surface area (Å²) in [5.74, 6) is 1.65. The first-order valence-corrected chi connectivity index (χ1v) is 9.95. The van der Waals surface area contributed by atoms with E-state index in [1.165, 1.54) is 0 Å². The number of hydrogen-bond acceptors (Lipinski definition) is 2. The summed E-state index contributed by atoms with van der Waals surface area (Å²) in [5, 5.41) is 2.09. The Morgan fingerprint density at radius 2 is 1.13 bits per heavy atom. The molecular formula is C27H22NO2+. The van der Waals surface area contributed by atoms with Crippen LogP contribution in [0, 0.1) is 0 Å². The van der Waals surface area contributed by atoms with Crippen molar-refractivity contribution in [2.24, 2.45) is 0 Å². The fraction of sp³-hybridized carbons (Fsp3) is 0.0741. The molecule has 5 rings (SSSR count). The van der Waals surface area contributed by atoms with E-state index in [1.807, 2.05) is 24.3 Å². The van der Waals surface area contributed by atoms with E-state index in [0.29, 0.717) is 0 Å². The highest BCUT2D eigenvalue weighted by Crippen LogP contribution is 2.44. The fourth-order valence-electron chi connectivity index (χ4n) is 4.25. The zero-order valence-corrected chi connectivity index (χ0v) is 17.0. The van der Waals surface area contributed by atoms with Gasteiger partial charge >= 0.3 is 0 Å². The highest BCUT2D eigenvalue weighted by atomic mass is 16.5. The molecule has 0 bridgehead atoms. The van der Waals surface area contributed by atoms with Crippen LogP contribution in [0.1, 0.15) is 0 Å². The third-order valence-corrected chi connectivity index (χ3v) is 5.52. The second kappa shape index (κ2) is 7.53. The van der Waals surface area contributed by atoms with E-state index in [9.17, 15) is 0 Å².